The van der Waals surface area contributed by atoms with Gasteiger partial charge in [0, 0.05) is 5.69 Å². The van der Waals surface area contributed by atoms with E-state index in [1.807, 2.05) is 0 Å². The minimum absolute atomic E-state index is 0.0291. The van der Waals surface area contributed by atoms with Gasteiger partial charge in [0.15, 0.2) is 5.67 Å². The second-order valence-corrected chi connectivity index (χ2v) is 7.59. The van der Waals surface area contributed by atoms with Crippen LogP contribution in [0, 0.1) is 0 Å². The van der Waals surface area contributed by atoms with E-state index in [9.17, 15) is 8.42 Å². The zero-order valence-electron chi connectivity index (χ0n) is 12.3. The summed E-state index contributed by atoms with van der Waals surface area (Å²) in [5.41, 5.74) is 5.05. The number of anilines is 1. The highest BCUT2D eigenvalue weighted by Gasteiger charge is 2.44. The van der Waals surface area contributed by atoms with Gasteiger partial charge in [0.05, 0.1) is 11.8 Å². The molecule has 21 heavy (non-hydrogen) atoms. The number of nitrogens with two attached hydrogens (primary N) is 1. The lowest BCUT2D eigenvalue weighted by Crippen LogP contribution is -2.50. The first-order valence-corrected chi connectivity index (χ1v) is 9.07. The Bertz CT molecular complexity index is 574. The fourth-order valence-electron chi connectivity index (χ4n) is 2.94. The molecule has 0 bridgehead atoms. The predicted molar refractivity (Wildman–Crippen MR) is 83.1 cm³/mol. The Kier molecular flexibility index (Phi) is 4.88. The van der Waals surface area contributed by atoms with Crippen molar-refractivity contribution in [2.45, 2.75) is 50.7 Å². The van der Waals surface area contributed by atoms with E-state index in [1.54, 1.807) is 31.2 Å². The van der Waals surface area contributed by atoms with Crippen LogP contribution < -0.4 is 10.5 Å². The molecule has 1 saturated carbocycles. The summed E-state index contributed by atoms with van der Waals surface area (Å²) in [5, 5.41) is 0. The van der Waals surface area contributed by atoms with Gasteiger partial charge in [0.25, 0.3) is 0 Å². The summed E-state index contributed by atoms with van der Waals surface area (Å²) in [6.07, 6.45) is 2.95. The van der Waals surface area contributed by atoms with E-state index in [0.29, 0.717) is 30.5 Å². The summed E-state index contributed by atoms with van der Waals surface area (Å²) in [6.45, 7) is 1.79. The number of alkyl halides is 1. The highest BCUT2D eigenvalue weighted by molar-refractivity contribution is 7.89. The van der Waals surface area contributed by atoms with Gasteiger partial charge in [-0.05, 0) is 43.4 Å². The van der Waals surface area contributed by atoms with Crippen molar-refractivity contribution in [3.8, 4) is 0 Å². The molecule has 4 nitrogen and oxygen atoms in total. The van der Waals surface area contributed by atoms with Gasteiger partial charge in [0.2, 0.25) is 10.0 Å². The van der Waals surface area contributed by atoms with Crippen LogP contribution in [0.4, 0.5) is 10.1 Å². The Morgan fingerprint density at radius 2 is 2.00 bits per heavy atom. The molecular formula is C15H23FN2O2S. The molecule has 3 N–H and O–H groups in total. The van der Waals surface area contributed by atoms with E-state index in [-0.39, 0.29) is 5.75 Å². The van der Waals surface area contributed by atoms with Gasteiger partial charge < -0.3 is 5.73 Å². The van der Waals surface area contributed by atoms with Crippen molar-refractivity contribution < 1.29 is 12.8 Å². The largest absolute Gasteiger partial charge is 0.399 e. The van der Waals surface area contributed by atoms with Crippen molar-refractivity contribution in [1.82, 2.24) is 4.72 Å². The van der Waals surface area contributed by atoms with Crippen LogP contribution in [-0.2, 0) is 15.7 Å². The van der Waals surface area contributed by atoms with E-state index >= 15 is 4.39 Å². The quantitative estimate of drug-likeness (QED) is 0.821. The third-order valence-electron chi connectivity index (χ3n) is 4.02. The minimum atomic E-state index is -3.43. The predicted octanol–water partition coefficient (Wildman–Crippen LogP) is 2.71. The zero-order valence-corrected chi connectivity index (χ0v) is 13.1. The monoisotopic (exact) mass is 314 g/mol. The standard InChI is InChI=1S/C15H23FN2O2S/c1-2-11-21(19,20)18-14-5-3-4-10-15(14,16)12-6-8-13(17)9-7-12/h6-9,14,18H,2-5,10-11,17H2,1H3. The highest BCUT2D eigenvalue weighted by atomic mass is 32.2. The Morgan fingerprint density at radius 1 is 1.33 bits per heavy atom. The van der Waals surface area contributed by atoms with Crippen molar-refractivity contribution in [2.24, 2.45) is 0 Å². The van der Waals surface area contributed by atoms with Crippen LogP contribution in [0.2, 0.25) is 0 Å². The lowest BCUT2D eigenvalue weighted by Gasteiger charge is -2.38. The maximum absolute atomic E-state index is 15.5. The number of hydrogen-bond acceptors (Lipinski definition) is 3. The maximum atomic E-state index is 15.5. The van der Waals surface area contributed by atoms with Gasteiger partial charge in [-0.3, -0.25) is 0 Å². The second kappa shape index (κ2) is 6.32. The first kappa shape index (κ1) is 16.2. The number of nitrogens with one attached hydrogen (secondary N) is 1. The fourth-order valence-corrected chi connectivity index (χ4v) is 4.33. The van der Waals surface area contributed by atoms with Gasteiger partial charge in [-0.2, -0.15) is 0 Å². The molecule has 1 aliphatic rings. The number of sulfonamides is 1. The van der Waals surface area contributed by atoms with E-state index in [4.69, 9.17) is 5.73 Å². The van der Waals surface area contributed by atoms with Crippen molar-refractivity contribution in [1.29, 1.82) is 0 Å². The summed E-state index contributed by atoms with van der Waals surface area (Å²) in [4.78, 5) is 0. The first-order chi connectivity index (χ1) is 9.87. The highest BCUT2D eigenvalue weighted by Crippen LogP contribution is 2.41. The Balaban J connectivity index is 2.27. The van der Waals surface area contributed by atoms with Crippen LogP contribution in [0.1, 0.15) is 44.6 Å². The molecule has 118 valence electrons. The summed E-state index contributed by atoms with van der Waals surface area (Å²) in [5.74, 6) is 0.0291. The van der Waals surface area contributed by atoms with Crippen molar-refractivity contribution in [3.63, 3.8) is 0 Å². The third kappa shape index (κ3) is 3.74. The molecule has 0 amide bonds. The Labute approximate surface area is 126 Å². The molecule has 0 radical (unpaired) electrons. The Morgan fingerprint density at radius 3 is 2.62 bits per heavy atom. The van der Waals surface area contributed by atoms with Crippen LogP contribution >= 0.6 is 0 Å². The number of nitrogen functional groups attached to an aromatic ring is 1. The van der Waals surface area contributed by atoms with Crippen LogP contribution in [0.25, 0.3) is 0 Å². The van der Waals surface area contributed by atoms with Crippen LogP contribution in [0.3, 0.4) is 0 Å². The second-order valence-electron chi connectivity index (χ2n) is 5.72. The van der Waals surface area contributed by atoms with Crippen molar-refractivity contribution in [3.05, 3.63) is 29.8 Å². The SMILES string of the molecule is CCCS(=O)(=O)NC1CCCCC1(F)c1ccc(N)cc1. The molecule has 6 heteroatoms. The van der Waals surface area contributed by atoms with Crippen molar-refractivity contribution in [2.75, 3.05) is 11.5 Å². The minimum Gasteiger partial charge on any atom is -0.399 e. The van der Waals surface area contributed by atoms with Gasteiger partial charge >= 0.3 is 0 Å². The topological polar surface area (TPSA) is 72.2 Å². The number of rotatable bonds is 5. The van der Waals surface area contributed by atoms with Crippen LogP contribution in [0.5, 0.6) is 0 Å². The molecular weight excluding hydrogens is 291 g/mol. The molecule has 0 saturated heterocycles. The molecule has 0 spiro atoms. The van der Waals surface area contributed by atoms with E-state index in [1.165, 1.54) is 0 Å². The van der Waals surface area contributed by atoms with E-state index in [2.05, 4.69) is 4.72 Å². The lowest BCUT2D eigenvalue weighted by molar-refractivity contribution is 0.0713. The molecule has 1 aromatic carbocycles. The first-order valence-electron chi connectivity index (χ1n) is 7.42. The summed E-state index contributed by atoms with van der Waals surface area (Å²) in [6, 6.07) is 5.92. The third-order valence-corrected chi connectivity index (χ3v) is 5.61. The zero-order chi connectivity index (χ0) is 15.5. The molecule has 2 unspecified atom stereocenters. The lowest BCUT2D eigenvalue weighted by atomic mass is 9.77. The number of hydrogen-bond donors (Lipinski definition) is 2. The summed E-state index contributed by atoms with van der Waals surface area (Å²) >= 11 is 0. The van der Waals surface area contributed by atoms with Gasteiger partial charge in [-0.25, -0.2) is 17.5 Å². The fraction of sp³-hybridized carbons (Fsp3) is 0.600. The molecule has 0 aliphatic heterocycles. The van der Waals surface area contributed by atoms with Gasteiger partial charge in [0.1, 0.15) is 0 Å². The molecule has 1 aromatic rings. The smallest absolute Gasteiger partial charge is 0.211 e. The van der Waals surface area contributed by atoms with E-state index in [0.717, 1.165) is 12.8 Å². The van der Waals surface area contributed by atoms with Crippen LogP contribution in [-0.4, -0.2) is 20.2 Å². The summed E-state index contributed by atoms with van der Waals surface area (Å²) < 4.78 is 42.0. The number of halogens is 1. The van der Waals surface area contributed by atoms with Crippen LogP contribution in [0.15, 0.2) is 24.3 Å². The molecule has 0 aromatic heterocycles. The molecule has 0 heterocycles. The van der Waals surface area contributed by atoms with Crippen molar-refractivity contribution >= 4 is 15.7 Å². The normalized spacial score (nSPS) is 26.7. The maximum Gasteiger partial charge on any atom is 0.211 e. The Hall–Kier alpha value is -1.14. The number of benzene rings is 1. The molecule has 2 rings (SSSR count). The van der Waals surface area contributed by atoms with Gasteiger partial charge in [-0.1, -0.05) is 25.5 Å². The average Bonchev–Trinajstić information content (AvgIpc) is 2.42. The average molecular weight is 314 g/mol. The molecule has 2 atom stereocenters. The molecule has 1 aliphatic carbocycles. The van der Waals surface area contributed by atoms with E-state index < -0.39 is 21.7 Å². The van der Waals surface area contributed by atoms with Gasteiger partial charge in [-0.15, -0.1) is 0 Å². The summed E-state index contributed by atoms with van der Waals surface area (Å²) in [7, 11) is -3.43. The molecule has 1 fully saturated rings.